The molecule has 1 saturated heterocycles. The van der Waals surface area contributed by atoms with Crippen molar-refractivity contribution in [1.82, 2.24) is 10.2 Å². The molecule has 2 amide bonds. The zero-order chi connectivity index (χ0) is 16.1. The molecule has 1 aromatic rings. The fourth-order valence-electron chi connectivity index (χ4n) is 2.80. The summed E-state index contributed by atoms with van der Waals surface area (Å²) >= 11 is 3.33. The summed E-state index contributed by atoms with van der Waals surface area (Å²) in [5.74, 6) is -0.311. The Morgan fingerprint density at radius 1 is 1.45 bits per heavy atom. The van der Waals surface area contributed by atoms with Crippen molar-refractivity contribution in [2.75, 3.05) is 13.1 Å². The molecule has 0 saturated carbocycles. The van der Waals surface area contributed by atoms with E-state index >= 15 is 0 Å². The molecule has 0 spiro atoms. The Morgan fingerprint density at radius 2 is 2.23 bits per heavy atom. The number of carbonyl (C=O) groups excluding carboxylic acids is 2. The van der Waals surface area contributed by atoms with Crippen LogP contribution in [0.15, 0.2) is 28.7 Å². The summed E-state index contributed by atoms with van der Waals surface area (Å²) in [6.07, 6.45) is 3.03. The van der Waals surface area contributed by atoms with E-state index in [0.29, 0.717) is 5.56 Å². The molecule has 1 heterocycles. The van der Waals surface area contributed by atoms with E-state index in [0.717, 1.165) is 30.3 Å². The van der Waals surface area contributed by atoms with Crippen molar-refractivity contribution in [2.45, 2.75) is 38.3 Å². The third-order valence-corrected chi connectivity index (χ3v) is 4.46. The van der Waals surface area contributed by atoms with E-state index in [-0.39, 0.29) is 30.4 Å². The minimum Gasteiger partial charge on any atom is -0.343 e. The highest BCUT2D eigenvalue weighted by Crippen LogP contribution is 2.19. The Labute approximate surface area is 139 Å². The molecule has 0 bridgehead atoms. The first-order valence-electron chi connectivity index (χ1n) is 7.58. The number of amides is 2. The molecule has 1 aliphatic rings. The number of hydrogen-bond donors (Lipinski definition) is 2. The maximum atomic E-state index is 12.4. The van der Waals surface area contributed by atoms with Gasteiger partial charge >= 0.3 is 0 Å². The van der Waals surface area contributed by atoms with Gasteiger partial charge in [-0.15, -0.1) is 0 Å². The summed E-state index contributed by atoms with van der Waals surface area (Å²) in [6, 6.07) is 7.11. The van der Waals surface area contributed by atoms with E-state index in [1.165, 1.54) is 0 Å². The molecule has 2 atom stereocenters. The second-order valence-electron chi connectivity index (χ2n) is 5.70. The number of rotatable bonds is 4. The van der Waals surface area contributed by atoms with Crippen LogP contribution in [-0.2, 0) is 4.79 Å². The summed E-state index contributed by atoms with van der Waals surface area (Å²) in [6.45, 7) is 2.66. The van der Waals surface area contributed by atoms with Crippen molar-refractivity contribution in [3.63, 3.8) is 0 Å². The van der Waals surface area contributed by atoms with Crippen molar-refractivity contribution in [3.8, 4) is 0 Å². The second-order valence-corrected chi connectivity index (χ2v) is 6.62. The highest BCUT2D eigenvalue weighted by molar-refractivity contribution is 9.10. The lowest BCUT2D eigenvalue weighted by atomic mass is 9.97. The SMILES string of the molecule is CC(N)C1CCCCN1C(=O)CNC(=O)c1cccc(Br)c1. The van der Waals surface area contributed by atoms with Crippen molar-refractivity contribution >= 4 is 27.7 Å². The third kappa shape index (κ3) is 4.30. The van der Waals surface area contributed by atoms with Gasteiger partial charge in [-0.25, -0.2) is 0 Å². The predicted molar refractivity (Wildman–Crippen MR) is 89.5 cm³/mol. The number of hydrogen-bond acceptors (Lipinski definition) is 3. The van der Waals surface area contributed by atoms with Crippen LogP contribution in [0, 0.1) is 0 Å². The number of benzene rings is 1. The normalized spacial score (nSPS) is 19.6. The van der Waals surface area contributed by atoms with E-state index in [4.69, 9.17) is 5.73 Å². The molecule has 0 aliphatic carbocycles. The molecule has 120 valence electrons. The largest absolute Gasteiger partial charge is 0.343 e. The smallest absolute Gasteiger partial charge is 0.251 e. The average Bonchev–Trinajstić information content (AvgIpc) is 2.52. The van der Waals surface area contributed by atoms with Crippen molar-refractivity contribution in [3.05, 3.63) is 34.3 Å². The summed E-state index contributed by atoms with van der Waals surface area (Å²) in [5, 5.41) is 2.69. The molecule has 0 aromatic heterocycles. The quantitative estimate of drug-likeness (QED) is 0.853. The Balaban J connectivity index is 1.92. The van der Waals surface area contributed by atoms with Gasteiger partial charge in [0.25, 0.3) is 5.91 Å². The Hall–Kier alpha value is -1.40. The Morgan fingerprint density at radius 3 is 2.91 bits per heavy atom. The van der Waals surface area contributed by atoms with Gasteiger partial charge in [0, 0.05) is 28.7 Å². The molecule has 2 unspecified atom stereocenters. The lowest BCUT2D eigenvalue weighted by molar-refractivity contribution is -0.134. The van der Waals surface area contributed by atoms with Crippen LogP contribution in [0.3, 0.4) is 0 Å². The maximum Gasteiger partial charge on any atom is 0.251 e. The zero-order valence-corrected chi connectivity index (χ0v) is 14.3. The van der Waals surface area contributed by atoms with Gasteiger partial charge in [-0.3, -0.25) is 9.59 Å². The standard InChI is InChI=1S/C16H22BrN3O2/c1-11(18)14-7-2-3-8-20(14)15(21)10-19-16(22)12-5-4-6-13(17)9-12/h4-6,9,11,14H,2-3,7-8,10,18H2,1H3,(H,19,22). The fourth-order valence-corrected chi connectivity index (χ4v) is 3.20. The molecule has 6 heteroatoms. The van der Waals surface area contributed by atoms with E-state index in [2.05, 4.69) is 21.2 Å². The Bertz CT molecular complexity index is 548. The van der Waals surface area contributed by atoms with Crippen molar-refractivity contribution in [2.24, 2.45) is 5.73 Å². The first-order chi connectivity index (χ1) is 10.5. The van der Waals surface area contributed by atoms with Gasteiger partial charge < -0.3 is 16.0 Å². The van der Waals surface area contributed by atoms with Gasteiger partial charge in [0.05, 0.1) is 6.54 Å². The van der Waals surface area contributed by atoms with Crippen LogP contribution < -0.4 is 11.1 Å². The van der Waals surface area contributed by atoms with Gasteiger partial charge in [0.1, 0.15) is 0 Å². The van der Waals surface area contributed by atoms with Crippen LogP contribution in [0.1, 0.15) is 36.5 Å². The number of nitrogens with zero attached hydrogens (tertiary/aromatic N) is 1. The predicted octanol–water partition coefficient (Wildman–Crippen LogP) is 1.91. The van der Waals surface area contributed by atoms with Crippen LogP contribution in [0.5, 0.6) is 0 Å². The number of carbonyl (C=O) groups is 2. The van der Waals surface area contributed by atoms with Crippen LogP contribution in [0.4, 0.5) is 0 Å². The highest BCUT2D eigenvalue weighted by Gasteiger charge is 2.29. The van der Waals surface area contributed by atoms with Gasteiger partial charge in [-0.2, -0.15) is 0 Å². The average molecular weight is 368 g/mol. The monoisotopic (exact) mass is 367 g/mol. The topological polar surface area (TPSA) is 75.4 Å². The first-order valence-corrected chi connectivity index (χ1v) is 8.37. The molecule has 0 radical (unpaired) electrons. The molecule has 5 nitrogen and oxygen atoms in total. The molecular formula is C16H22BrN3O2. The fraction of sp³-hybridized carbons (Fsp3) is 0.500. The summed E-state index contributed by atoms with van der Waals surface area (Å²) in [4.78, 5) is 26.2. The van der Waals surface area contributed by atoms with E-state index in [1.807, 2.05) is 17.9 Å². The number of likely N-dealkylation sites (tertiary alicyclic amines) is 1. The van der Waals surface area contributed by atoms with Crippen LogP contribution >= 0.6 is 15.9 Å². The van der Waals surface area contributed by atoms with Gasteiger partial charge in [0.2, 0.25) is 5.91 Å². The highest BCUT2D eigenvalue weighted by atomic mass is 79.9. The van der Waals surface area contributed by atoms with Crippen LogP contribution in [0.2, 0.25) is 0 Å². The first kappa shape index (κ1) is 17.0. The number of halogens is 1. The van der Waals surface area contributed by atoms with Crippen LogP contribution in [-0.4, -0.2) is 41.9 Å². The van der Waals surface area contributed by atoms with Crippen molar-refractivity contribution in [1.29, 1.82) is 0 Å². The van der Waals surface area contributed by atoms with E-state index < -0.39 is 0 Å². The van der Waals surface area contributed by atoms with Crippen molar-refractivity contribution < 1.29 is 9.59 Å². The van der Waals surface area contributed by atoms with Gasteiger partial charge in [0.15, 0.2) is 0 Å². The van der Waals surface area contributed by atoms with E-state index in [1.54, 1.807) is 18.2 Å². The molecule has 1 aromatic carbocycles. The summed E-state index contributed by atoms with van der Waals surface area (Å²) in [5.41, 5.74) is 6.50. The maximum absolute atomic E-state index is 12.4. The molecule has 1 fully saturated rings. The Kier molecular flexibility index (Phi) is 5.97. The van der Waals surface area contributed by atoms with Gasteiger partial charge in [-0.05, 0) is 44.4 Å². The molecule has 2 rings (SSSR count). The molecular weight excluding hydrogens is 346 g/mol. The second kappa shape index (κ2) is 7.74. The number of nitrogens with two attached hydrogens (primary N) is 1. The minimum absolute atomic E-state index is 0.00850. The number of piperidine rings is 1. The molecule has 3 N–H and O–H groups in total. The van der Waals surface area contributed by atoms with Gasteiger partial charge in [-0.1, -0.05) is 22.0 Å². The zero-order valence-electron chi connectivity index (χ0n) is 12.7. The minimum atomic E-state index is -0.246. The molecule has 22 heavy (non-hydrogen) atoms. The molecule has 1 aliphatic heterocycles. The van der Waals surface area contributed by atoms with Crippen LogP contribution in [0.25, 0.3) is 0 Å². The number of nitrogens with one attached hydrogen (secondary N) is 1. The van der Waals surface area contributed by atoms with E-state index in [9.17, 15) is 9.59 Å². The summed E-state index contributed by atoms with van der Waals surface area (Å²) < 4.78 is 0.833. The summed E-state index contributed by atoms with van der Waals surface area (Å²) in [7, 11) is 0. The lowest BCUT2D eigenvalue weighted by Gasteiger charge is -2.38. The lowest BCUT2D eigenvalue weighted by Crippen LogP contribution is -2.54. The third-order valence-electron chi connectivity index (χ3n) is 3.96.